The summed E-state index contributed by atoms with van der Waals surface area (Å²) in [4.78, 5) is 11.5. The Morgan fingerprint density at radius 1 is 1.20 bits per heavy atom. The summed E-state index contributed by atoms with van der Waals surface area (Å²) >= 11 is 0. The number of alkyl halides is 2. The molecule has 1 aromatic carbocycles. The van der Waals surface area contributed by atoms with Gasteiger partial charge < -0.3 is 18.9 Å². The van der Waals surface area contributed by atoms with E-state index < -0.39 is 18.7 Å². The van der Waals surface area contributed by atoms with Crippen LogP contribution in [0.4, 0.5) is 8.78 Å². The number of hydrogen-bond donors (Lipinski definition) is 0. The van der Waals surface area contributed by atoms with Crippen LogP contribution in [0.3, 0.4) is 0 Å². The number of carbonyl (C=O) groups excluding carboxylic acids is 1. The van der Waals surface area contributed by atoms with Gasteiger partial charge in [-0.05, 0) is 19.1 Å². The highest BCUT2D eigenvalue weighted by molar-refractivity contribution is 5.90. The minimum absolute atomic E-state index is 0.240. The molecule has 1 aromatic rings. The topological polar surface area (TPSA) is 54.0 Å². The summed E-state index contributed by atoms with van der Waals surface area (Å²) in [7, 11) is 2.69. The minimum atomic E-state index is -2.85. The molecule has 0 unspecified atom stereocenters. The van der Waals surface area contributed by atoms with Gasteiger partial charge in [-0.1, -0.05) is 0 Å². The average Bonchev–Trinajstić information content (AvgIpc) is 2.43. The van der Waals surface area contributed by atoms with E-state index in [2.05, 4.69) is 9.47 Å². The highest BCUT2D eigenvalue weighted by atomic mass is 19.3. The van der Waals surface area contributed by atoms with Crippen molar-refractivity contribution in [1.29, 1.82) is 0 Å². The number of hydrogen-bond acceptors (Lipinski definition) is 5. The molecule has 0 aliphatic heterocycles. The van der Waals surface area contributed by atoms with Gasteiger partial charge in [0, 0.05) is 6.07 Å². The van der Waals surface area contributed by atoms with E-state index in [1.54, 1.807) is 6.92 Å². The number of rotatable bonds is 7. The second kappa shape index (κ2) is 7.64. The molecular formula is C13H16F2O5. The van der Waals surface area contributed by atoms with Gasteiger partial charge in [0.25, 0.3) is 0 Å². The third-order valence-electron chi connectivity index (χ3n) is 2.33. The Kier molecular flexibility index (Phi) is 6.17. The van der Waals surface area contributed by atoms with E-state index in [0.717, 1.165) is 0 Å². The first kappa shape index (κ1) is 16.2. The lowest BCUT2D eigenvalue weighted by Gasteiger charge is -2.16. The van der Waals surface area contributed by atoms with Crippen LogP contribution in [0.1, 0.15) is 17.3 Å². The third kappa shape index (κ3) is 5.00. The number of esters is 1. The number of methoxy groups -OCH3 is 2. The molecule has 0 fully saturated rings. The van der Waals surface area contributed by atoms with Crippen LogP contribution in [0.2, 0.25) is 0 Å². The summed E-state index contributed by atoms with van der Waals surface area (Å²) in [5, 5.41) is 0. The Hall–Kier alpha value is -1.89. The van der Waals surface area contributed by atoms with E-state index in [4.69, 9.17) is 9.47 Å². The monoisotopic (exact) mass is 290 g/mol. The molecule has 20 heavy (non-hydrogen) atoms. The molecule has 0 saturated carbocycles. The van der Waals surface area contributed by atoms with Crippen molar-refractivity contribution in [2.75, 3.05) is 20.8 Å². The van der Waals surface area contributed by atoms with E-state index in [1.807, 2.05) is 0 Å². The average molecular weight is 290 g/mol. The lowest BCUT2D eigenvalue weighted by molar-refractivity contribution is -0.142. The molecule has 1 rings (SSSR count). The summed E-state index contributed by atoms with van der Waals surface area (Å²) in [5.41, 5.74) is 0.240. The Labute approximate surface area is 115 Å². The smallest absolute Gasteiger partial charge is 0.345 e. The zero-order chi connectivity index (χ0) is 15.1. The molecule has 7 heteroatoms. The van der Waals surface area contributed by atoms with Crippen LogP contribution in [0.5, 0.6) is 11.5 Å². The molecular weight excluding hydrogens is 274 g/mol. The highest BCUT2D eigenvalue weighted by Crippen LogP contribution is 2.24. The molecule has 1 atom stereocenters. The van der Waals surface area contributed by atoms with Crippen molar-refractivity contribution in [3.05, 3.63) is 23.8 Å². The zero-order valence-electron chi connectivity index (χ0n) is 11.4. The first-order valence-electron chi connectivity index (χ1n) is 5.80. The van der Waals surface area contributed by atoms with E-state index in [-0.39, 0.29) is 12.2 Å². The second-order valence-electron chi connectivity index (χ2n) is 3.91. The van der Waals surface area contributed by atoms with Gasteiger partial charge >= 0.3 is 12.6 Å². The maximum absolute atomic E-state index is 11.9. The largest absolute Gasteiger partial charge is 0.497 e. The first-order chi connectivity index (χ1) is 9.46. The normalized spacial score (nSPS) is 12.1. The maximum Gasteiger partial charge on any atom is 0.345 e. The van der Waals surface area contributed by atoms with Crippen molar-refractivity contribution in [3.8, 4) is 11.5 Å². The van der Waals surface area contributed by atoms with Crippen molar-refractivity contribution >= 4 is 5.97 Å². The van der Waals surface area contributed by atoms with Gasteiger partial charge in [-0.3, -0.25) is 0 Å². The Morgan fingerprint density at radius 2 is 1.85 bits per heavy atom. The Morgan fingerprint density at radius 3 is 2.40 bits per heavy atom. The Bertz CT molecular complexity index is 450. The predicted molar refractivity (Wildman–Crippen MR) is 66.4 cm³/mol. The predicted octanol–water partition coefficient (Wildman–Crippen LogP) is 2.49. The zero-order valence-corrected chi connectivity index (χ0v) is 11.4. The molecule has 0 aliphatic rings. The SMILES string of the molecule is COC(=O)c1cc(OC)cc(O[C@@H](C)COC(F)F)c1. The molecule has 112 valence electrons. The Balaban J connectivity index is 2.80. The number of benzene rings is 1. The first-order valence-corrected chi connectivity index (χ1v) is 5.80. The standard InChI is InChI=1S/C13H16F2O5/c1-8(7-19-13(14)15)20-11-5-9(12(16)18-3)4-10(6-11)17-2/h4-6,8,13H,7H2,1-3H3/t8-/m0/s1. The van der Waals surface area contributed by atoms with Gasteiger partial charge in [0.15, 0.2) is 0 Å². The molecule has 0 radical (unpaired) electrons. The molecule has 0 spiro atoms. The van der Waals surface area contributed by atoms with E-state index in [9.17, 15) is 13.6 Å². The van der Waals surface area contributed by atoms with Crippen LogP contribution in [0.25, 0.3) is 0 Å². The second-order valence-corrected chi connectivity index (χ2v) is 3.91. The van der Waals surface area contributed by atoms with Crippen molar-refractivity contribution in [2.24, 2.45) is 0 Å². The molecule has 5 nitrogen and oxygen atoms in total. The molecule has 0 aromatic heterocycles. The quantitative estimate of drug-likeness (QED) is 0.722. The summed E-state index contributed by atoms with van der Waals surface area (Å²) < 4.78 is 43.0. The maximum atomic E-state index is 11.9. The van der Waals surface area contributed by atoms with Gasteiger partial charge in [-0.2, -0.15) is 8.78 Å². The molecule has 0 bridgehead atoms. The fourth-order valence-electron chi connectivity index (χ4n) is 1.47. The molecule has 0 N–H and O–H groups in total. The summed E-state index contributed by atoms with van der Waals surface area (Å²) in [6.07, 6.45) is -0.610. The van der Waals surface area contributed by atoms with Crippen LogP contribution in [-0.2, 0) is 9.47 Å². The molecule has 0 amide bonds. The van der Waals surface area contributed by atoms with Gasteiger partial charge in [0.2, 0.25) is 0 Å². The van der Waals surface area contributed by atoms with Crippen LogP contribution in [0, 0.1) is 0 Å². The van der Waals surface area contributed by atoms with Crippen LogP contribution in [0.15, 0.2) is 18.2 Å². The van der Waals surface area contributed by atoms with Crippen molar-refractivity contribution < 1.29 is 32.5 Å². The van der Waals surface area contributed by atoms with E-state index in [0.29, 0.717) is 11.5 Å². The van der Waals surface area contributed by atoms with Crippen molar-refractivity contribution in [1.82, 2.24) is 0 Å². The number of carbonyl (C=O) groups is 1. The molecule has 0 saturated heterocycles. The lowest BCUT2D eigenvalue weighted by Crippen LogP contribution is -2.21. The van der Waals surface area contributed by atoms with Crippen LogP contribution in [-0.4, -0.2) is 39.5 Å². The lowest BCUT2D eigenvalue weighted by atomic mass is 10.2. The number of ether oxygens (including phenoxy) is 4. The van der Waals surface area contributed by atoms with Gasteiger partial charge in [0.1, 0.15) is 17.6 Å². The fourth-order valence-corrected chi connectivity index (χ4v) is 1.47. The van der Waals surface area contributed by atoms with Gasteiger partial charge in [0.05, 0.1) is 26.4 Å². The summed E-state index contributed by atoms with van der Waals surface area (Å²) in [6.45, 7) is -1.56. The third-order valence-corrected chi connectivity index (χ3v) is 2.33. The molecule has 0 aliphatic carbocycles. The fraction of sp³-hybridized carbons (Fsp3) is 0.462. The van der Waals surface area contributed by atoms with E-state index >= 15 is 0 Å². The van der Waals surface area contributed by atoms with E-state index in [1.165, 1.54) is 32.4 Å². The van der Waals surface area contributed by atoms with Crippen molar-refractivity contribution in [3.63, 3.8) is 0 Å². The summed E-state index contributed by atoms with van der Waals surface area (Å²) in [5.74, 6) is 0.144. The van der Waals surface area contributed by atoms with Gasteiger partial charge in [-0.15, -0.1) is 0 Å². The van der Waals surface area contributed by atoms with Gasteiger partial charge in [-0.25, -0.2) is 4.79 Å². The minimum Gasteiger partial charge on any atom is -0.497 e. The van der Waals surface area contributed by atoms with Crippen molar-refractivity contribution in [2.45, 2.75) is 19.6 Å². The van der Waals surface area contributed by atoms with Crippen LogP contribution < -0.4 is 9.47 Å². The number of halogens is 2. The molecule has 0 heterocycles. The highest BCUT2D eigenvalue weighted by Gasteiger charge is 2.13. The summed E-state index contributed by atoms with van der Waals surface area (Å²) in [6, 6.07) is 4.46. The van der Waals surface area contributed by atoms with Crippen LogP contribution >= 0.6 is 0 Å².